The van der Waals surface area contributed by atoms with Crippen molar-refractivity contribution in [3.05, 3.63) is 64.2 Å². The number of hydrogen-bond donors (Lipinski definition) is 2. The molecule has 4 heteroatoms. The molecule has 0 spiro atoms. The number of ketones is 1. The molecule has 0 aliphatic carbocycles. The predicted octanol–water partition coefficient (Wildman–Crippen LogP) is 4.92. The quantitative estimate of drug-likeness (QED) is 0.768. The number of carbonyl (C=O) groups excluding carboxylic acids is 1. The van der Waals surface area contributed by atoms with E-state index in [1.807, 2.05) is 41.5 Å². The normalized spacial score (nSPS) is 12.1. The standard InChI is InChI=1S/C22H26O4/c1-21(2,3)16-11-15(12-17(19(16)24)22(4,5)6)18(23)13-7-9-14(10-8-13)20(25)26/h7-12,24H,1-6H3,(H,25,26). The first-order valence-electron chi connectivity index (χ1n) is 8.58. The zero-order valence-electron chi connectivity index (χ0n) is 16.2. The Morgan fingerprint density at radius 3 is 1.46 bits per heavy atom. The summed E-state index contributed by atoms with van der Waals surface area (Å²) in [5.74, 6) is -1.00. The van der Waals surface area contributed by atoms with Crippen LogP contribution in [0.15, 0.2) is 36.4 Å². The first-order valence-corrected chi connectivity index (χ1v) is 8.58. The number of hydrogen-bond acceptors (Lipinski definition) is 3. The van der Waals surface area contributed by atoms with E-state index in [4.69, 9.17) is 5.11 Å². The minimum Gasteiger partial charge on any atom is -0.507 e. The average Bonchev–Trinajstić information content (AvgIpc) is 2.52. The van der Waals surface area contributed by atoms with Crippen LogP contribution >= 0.6 is 0 Å². The molecule has 0 fully saturated rings. The highest BCUT2D eigenvalue weighted by atomic mass is 16.4. The van der Waals surface area contributed by atoms with Crippen molar-refractivity contribution in [3.8, 4) is 5.75 Å². The van der Waals surface area contributed by atoms with Crippen LogP contribution in [-0.4, -0.2) is 22.0 Å². The van der Waals surface area contributed by atoms with Crippen LogP contribution in [0.25, 0.3) is 0 Å². The van der Waals surface area contributed by atoms with E-state index in [1.165, 1.54) is 24.3 Å². The molecule has 0 atom stereocenters. The van der Waals surface area contributed by atoms with Gasteiger partial charge in [0, 0.05) is 22.3 Å². The van der Waals surface area contributed by atoms with E-state index in [1.54, 1.807) is 12.1 Å². The summed E-state index contributed by atoms with van der Waals surface area (Å²) in [5, 5.41) is 19.8. The maximum atomic E-state index is 13.0. The van der Waals surface area contributed by atoms with Gasteiger partial charge in [-0.3, -0.25) is 4.79 Å². The summed E-state index contributed by atoms with van der Waals surface area (Å²) in [5.41, 5.74) is 1.83. The van der Waals surface area contributed by atoms with Gasteiger partial charge in [-0.2, -0.15) is 0 Å². The molecule has 2 aromatic carbocycles. The highest BCUT2D eigenvalue weighted by molar-refractivity contribution is 6.09. The Bertz CT molecular complexity index is 812. The van der Waals surface area contributed by atoms with Gasteiger partial charge < -0.3 is 10.2 Å². The van der Waals surface area contributed by atoms with E-state index in [2.05, 4.69) is 0 Å². The van der Waals surface area contributed by atoms with Gasteiger partial charge in [-0.1, -0.05) is 53.7 Å². The molecule has 0 aromatic heterocycles. The number of carboxylic acid groups (broad SMARTS) is 1. The van der Waals surface area contributed by atoms with Gasteiger partial charge in [0.15, 0.2) is 5.78 Å². The van der Waals surface area contributed by atoms with Crippen LogP contribution in [0.3, 0.4) is 0 Å². The van der Waals surface area contributed by atoms with E-state index in [0.717, 1.165) is 11.1 Å². The second-order valence-electron chi connectivity index (χ2n) is 8.63. The minimum absolute atomic E-state index is 0.137. The van der Waals surface area contributed by atoms with Crippen molar-refractivity contribution in [2.45, 2.75) is 52.4 Å². The van der Waals surface area contributed by atoms with Gasteiger partial charge >= 0.3 is 5.97 Å². The maximum Gasteiger partial charge on any atom is 0.335 e. The Kier molecular flexibility index (Phi) is 5.00. The van der Waals surface area contributed by atoms with Crippen LogP contribution < -0.4 is 0 Å². The number of aromatic hydroxyl groups is 1. The van der Waals surface area contributed by atoms with Crippen molar-refractivity contribution < 1.29 is 19.8 Å². The first kappa shape index (κ1) is 19.7. The monoisotopic (exact) mass is 354 g/mol. The number of phenols is 1. The van der Waals surface area contributed by atoms with Gasteiger partial charge in [-0.15, -0.1) is 0 Å². The van der Waals surface area contributed by atoms with Crippen molar-refractivity contribution in [3.63, 3.8) is 0 Å². The summed E-state index contributed by atoms with van der Waals surface area (Å²) in [7, 11) is 0. The van der Waals surface area contributed by atoms with Crippen molar-refractivity contribution in [2.24, 2.45) is 0 Å². The second-order valence-corrected chi connectivity index (χ2v) is 8.63. The summed E-state index contributed by atoms with van der Waals surface area (Å²) in [6.45, 7) is 11.9. The Morgan fingerprint density at radius 1 is 0.731 bits per heavy atom. The largest absolute Gasteiger partial charge is 0.507 e. The fraction of sp³-hybridized carbons (Fsp3) is 0.364. The van der Waals surface area contributed by atoms with Crippen molar-refractivity contribution in [2.75, 3.05) is 0 Å². The Labute approximate surface area is 154 Å². The zero-order chi connectivity index (χ0) is 19.9. The van der Waals surface area contributed by atoms with E-state index in [9.17, 15) is 14.7 Å². The molecular weight excluding hydrogens is 328 g/mol. The number of rotatable bonds is 3. The maximum absolute atomic E-state index is 13.0. The molecule has 26 heavy (non-hydrogen) atoms. The Morgan fingerprint density at radius 2 is 1.12 bits per heavy atom. The highest BCUT2D eigenvalue weighted by Crippen LogP contribution is 2.40. The van der Waals surface area contributed by atoms with Crippen molar-refractivity contribution >= 4 is 11.8 Å². The molecule has 2 aromatic rings. The third-order valence-corrected chi connectivity index (χ3v) is 4.38. The van der Waals surface area contributed by atoms with Crippen LogP contribution in [0.1, 0.15) is 78.9 Å². The average molecular weight is 354 g/mol. The lowest BCUT2D eigenvalue weighted by atomic mass is 9.77. The predicted molar refractivity (Wildman–Crippen MR) is 102 cm³/mol. The van der Waals surface area contributed by atoms with E-state index < -0.39 is 5.97 Å². The fourth-order valence-corrected chi connectivity index (χ4v) is 2.84. The molecule has 0 aliphatic rings. The summed E-state index contributed by atoms with van der Waals surface area (Å²) in [4.78, 5) is 24.0. The molecule has 0 amide bonds. The van der Waals surface area contributed by atoms with E-state index in [-0.39, 0.29) is 27.9 Å². The van der Waals surface area contributed by atoms with Crippen LogP contribution in [0.5, 0.6) is 5.75 Å². The lowest BCUT2D eigenvalue weighted by molar-refractivity contribution is 0.0696. The summed E-state index contributed by atoms with van der Waals surface area (Å²) in [6.07, 6.45) is 0. The molecule has 0 saturated heterocycles. The van der Waals surface area contributed by atoms with Crippen LogP contribution in [0, 0.1) is 0 Å². The van der Waals surface area contributed by atoms with Gasteiger partial charge in [0.1, 0.15) is 5.75 Å². The van der Waals surface area contributed by atoms with Crippen molar-refractivity contribution in [1.29, 1.82) is 0 Å². The van der Waals surface area contributed by atoms with Crippen molar-refractivity contribution in [1.82, 2.24) is 0 Å². The van der Waals surface area contributed by atoms with Gasteiger partial charge in [0.2, 0.25) is 0 Å². The number of phenolic OH excluding ortho intramolecular Hbond substituents is 1. The first-order chi connectivity index (χ1) is 11.8. The third-order valence-electron chi connectivity index (χ3n) is 4.38. The molecule has 0 radical (unpaired) electrons. The zero-order valence-corrected chi connectivity index (χ0v) is 16.2. The lowest BCUT2D eigenvalue weighted by Gasteiger charge is -2.28. The molecule has 0 unspecified atom stereocenters. The van der Waals surface area contributed by atoms with E-state index in [0.29, 0.717) is 11.1 Å². The number of benzene rings is 2. The van der Waals surface area contributed by atoms with Crippen LogP contribution in [0.2, 0.25) is 0 Å². The lowest BCUT2D eigenvalue weighted by Crippen LogP contribution is -2.19. The summed E-state index contributed by atoms with van der Waals surface area (Å²) < 4.78 is 0. The molecule has 0 bridgehead atoms. The molecular formula is C22H26O4. The molecule has 0 aliphatic heterocycles. The Balaban J connectivity index is 2.61. The van der Waals surface area contributed by atoms with E-state index >= 15 is 0 Å². The van der Waals surface area contributed by atoms with Gasteiger partial charge in [0.25, 0.3) is 0 Å². The topological polar surface area (TPSA) is 74.6 Å². The SMILES string of the molecule is CC(C)(C)c1cc(C(=O)c2ccc(C(=O)O)cc2)cc(C(C)(C)C)c1O. The molecule has 4 nitrogen and oxygen atoms in total. The van der Waals surface area contributed by atoms with Crippen LogP contribution in [0.4, 0.5) is 0 Å². The van der Waals surface area contributed by atoms with Gasteiger partial charge in [-0.05, 0) is 35.1 Å². The summed E-state index contributed by atoms with van der Waals surface area (Å²) in [6, 6.07) is 9.35. The van der Waals surface area contributed by atoms with Crippen LogP contribution in [-0.2, 0) is 10.8 Å². The fourth-order valence-electron chi connectivity index (χ4n) is 2.84. The molecule has 2 N–H and O–H groups in total. The molecule has 2 rings (SSSR count). The smallest absolute Gasteiger partial charge is 0.335 e. The second kappa shape index (κ2) is 6.60. The van der Waals surface area contributed by atoms with Gasteiger partial charge in [0.05, 0.1) is 5.56 Å². The third kappa shape index (κ3) is 3.96. The minimum atomic E-state index is -1.03. The molecule has 0 heterocycles. The number of carbonyl (C=O) groups is 2. The molecule has 0 saturated carbocycles. The number of aromatic carboxylic acids is 1. The molecule has 138 valence electrons. The number of carboxylic acids is 1. The highest BCUT2D eigenvalue weighted by Gasteiger charge is 2.28. The Hall–Kier alpha value is -2.62. The van der Waals surface area contributed by atoms with Gasteiger partial charge in [-0.25, -0.2) is 4.79 Å². The summed E-state index contributed by atoms with van der Waals surface area (Å²) >= 11 is 0.